The molecule has 100 valence electrons. The normalized spacial score (nSPS) is 25.3. The predicted octanol–water partition coefficient (Wildman–Crippen LogP) is 2.71. The third kappa shape index (κ3) is 3.10. The minimum Gasteiger partial charge on any atom is -0.373 e. The van der Waals surface area contributed by atoms with Crippen LogP contribution in [0.3, 0.4) is 0 Å². The predicted molar refractivity (Wildman–Crippen MR) is 74.1 cm³/mol. The average molecular weight is 248 g/mol. The first kappa shape index (κ1) is 13.5. The van der Waals surface area contributed by atoms with Gasteiger partial charge in [-0.2, -0.15) is 0 Å². The van der Waals surface area contributed by atoms with Crippen molar-refractivity contribution in [1.82, 2.24) is 5.43 Å². The summed E-state index contributed by atoms with van der Waals surface area (Å²) in [6.07, 6.45) is 5.06. The van der Waals surface area contributed by atoms with Gasteiger partial charge in [-0.3, -0.25) is 11.3 Å². The lowest BCUT2D eigenvalue weighted by Crippen LogP contribution is -2.36. The minimum atomic E-state index is 0.102. The molecular formula is C15H24N2O. The Morgan fingerprint density at radius 3 is 2.56 bits per heavy atom. The third-order valence-corrected chi connectivity index (χ3v) is 3.69. The van der Waals surface area contributed by atoms with Crippen molar-refractivity contribution in [2.75, 3.05) is 0 Å². The van der Waals surface area contributed by atoms with E-state index in [2.05, 4.69) is 43.5 Å². The number of nitrogens with two attached hydrogens (primary N) is 1. The fraction of sp³-hybridized carbons (Fsp3) is 0.600. The summed E-state index contributed by atoms with van der Waals surface area (Å²) in [6.45, 7) is 4.32. The highest BCUT2D eigenvalue weighted by molar-refractivity contribution is 5.26. The van der Waals surface area contributed by atoms with E-state index in [-0.39, 0.29) is 12.1 Å². The molecule has 0 aliphatic carbocycles. The van der Waals surface area contributed by atoms with Crippen molar-refractivity contribution in [3.05, 3.63) is 35.4 Å². The molecule has 18 heavy (non-hydrogen) atoms. The van der Waals surface area contributed by atoms with Crippen LogP contribution in [0.15, 0.2) is 24.3 Å². The summed E-state index contributed by atoms with van der Waals surface area (Å²) < 4.78 is 5.90. The number of nitrogens with one attached hydrogen (secondary N) is 1. The molecule has 0 amide bonds. The first-order valence-corrected chi connectivity index (χ1v) is 6.95. The monoisotopic (exact) mass is 248 g/mol. The van der Waals surface area contributed by atoms with E-state index >= 15 is 0 Å². The van der Waals surface area contributed by atoms with Crippen LogP contribution in [0.5, 0.6) is 0 Å². The highest BCUT2D eigenvalue weighted by Gasteiger charge is 2.29. The number of benzene rings is 1. The Bertz CT molecular complexity index is 363. The van der Waals surface area contributed by atoms with Gasteiger partial charge in [0.15, 0.2) is 0 Å². The van der Waals surface area contributed by atoms with Crippen molar-refractivity contribution in [2.45, 2.75) is 57.8 Å². The Labute approximate surface area is 110 Å². The van der Waals surface area contributed by atoms with Gasteiger partial charge < -0.3 is 4.74 Å². The molecule has 3 atom stereocenters. The summed E-state index contributed by atoms with van der Waals surface area (Å²) in [5.41, 5.74) is 5.51. The largest absolute Gasteiger partial charge is 0.373 e. The van der Waals surface area contributed by atoms with Crippen LogP contribution in [0.1, 0.15) is 50.3 Å². The van der Waals surface area contributed by atoms with Crippen LogP contribution in [0, 0.1) is 0 Å². The fourth-order valence-electron chi connectivity index (χ4n) is 2.68. The molecule has 2 rings (SSSR count). The molecule has 1 fully saturated rings. The third-order valence-electron chi connectivity index (χ3n) is 3.69. The standard InChI is InChI=1S/C15H24N2O/c1-3-4-12-6-8-13(9-7-12)15(17-16)14-10-5-11(2)18-14/h6-9,11,14-15,17H,3-5,10,16H2,1-2H3. The summed E-state index contributed by atoms with van der Waals surface area (Å²) in [4.78, 5) is 0. The number of hydrazine groups is 1. The molecule has 3 unspecified atom stereocenters. The lowest BCUT2D eigenvalue weighted by atomic mass is 9.98. The van der Waals surface area contributed by atoms with Crippen LogP contribution in [-0.4, -0.2) is 12.2 Å². The SMILES string of the molecule is CCCc1ccc(C(NN)C2CCC(C)O2)cc1. The first-order valence-electron chi connectivity index (χ1n) is 6.95. The van der Waals surface area contributed by atoms with E-state index in [0.717, 1.165) is 19.3 Å². The molecule has 1 aliphatic heterocycles. The summed E-state index contributed by atoms with van der Waals surface area (Å²) in [7, 11) is 0. The summed E-state index contributed by atoms with van der Waals surface area (Å²) in [6, 6.07) is 8.83. The van der Waals surface area contributed by atoms with Crippen LogP contribution in [0.25, 0.3) is 0 Å². The van der Waals surface area contributed by atoms with Crippen molar-refractivity contribution in [2.24, 2.45) is 5.84 Å². The van der Waals surface area contributed by atoms with Gasteiger partial charge in [0.05, 0.1) is 18.2 Å². The van der Waals surface area contributed by atoms with Gasteiger partial charge in [-0.1, -0.05) is 37.6 Å². The Hall–Kier alpha value is -0.900. The van der Waals surface area contributed by atoms with Gasteiger partial charge >= 0.3 is 0 Å². The van der Waals surface area contributed by atoms with E-state index in [1.807, 2.05) is 0 Å². The molecule has 3 heteroatoms. The lowest BCUT2D eigenvalue weighted by molar-refractivity contribution is 0.0316. The van der Waals surface area contributed by atoms with Crippen molar-refractivity contribution in [3.63, 3.8) is 0 Å². The molecule has 0 spiro atoms. The lowest BCUT2D eigenvalue weighted by Gasteiger charge is -2.23. The molecule has 3 N–H and O–H groups in total. The van der Waals surface area contributed by atoms with Crippen molar-refractivity contribution < 1.29 is 4.74 Å². The van der Waals surface area contributed by atoms with Gasteiger partial charge in [0.1, 0.15) is 0 Å². The van der Waals surface area contributed by atoms with Crippen molar-refractivity contribution in [3.8, 4) is 0 Å². The molecule has 1 aliphatic rings. The summed E-state index contributed by atoms with van der Waals surface area (Å²) in [5, 5.41) is 0. The van der Waals surface area contributed by atoms with Gasteiger partial charge in [0.25, 0.3) is 0 Å². The van der Waals surface area contributed by atoms with Crippen LogP contribution >= 0.6 is 0 Å². The second-order valence-corrected chi connectivity index (χ2v) is 5.20. The topological polar surface area (TPSA) is 47.3 Å². The molecule has 1 saturated heterocycles. The Balaban J connectivity index is 2.07. The molecule has 1 aromatic carbocycles. The number of ether oxygens (including phenoxy) is 1. The van der Waals surface area contributed by atoms with E-state index in [4.69, 9.17) is 10.6 Å². The van der Waals surface area contributed by atoms with Crippen LogP contribution in [-0.2, 0) is 11.2 Å². The zero-order valence-corrected chi connectivity index (χ0v) is 11.4. The molecule has 0 radical (unpaired) electrons. The smallest absolute Gasteiger partial charge is 0.0787 e. The van der Waals surface area contributed by atoms with E-state index in [0.29, 0.717) is 6.10 Å². The van der Waals surface area contributed by atoms with Crippen LogP contribution < -0.4 is 11.3 Å². The molecule has 3 nitrogen and oxygen atoms in total. The number of aryl methyl sites for hydroxylation is 1. The summed E-state index contributed by atoms with van der Waals surface area (Å²) in [5.74, 6) is 5.70. The molecule has 0 bridgehead atoms. The minimum absolute atomic E-state index is 0.102. The summed E-state index contributed by atoms with van der Waals surface area (Å²) >= 11 is 0. The average Bonchev–Trinajstić information content (AvgIpc) is 2.79. The maximum absolute atomic E-state index is 5.90. The zero-order chi connectivity index (χ0) is 13.0. The second-order valence-electron chi connectivity index (χ2n) is 5.20. The van der Waals surface area contributed by atoms with Gasteiger partial charge in [-0.25, -0.2) is 0 Å². The molecule has 1 heterocycles. The van der Waals surface area contributed by atoms with Gasteiger partial charge in [0, 0.05) is 0 Å². The van der Waals surface area contributed by atoms with E-state index < -0.39 is 0 Å². The van der Waals surface area contributed by atoms with Gasteiger partial charge in [-0.05, 0) is 37.3 Å². The Morgan fingerprint density at radius 1 is 1.33 bits per heavy atom. The molecule has 0 aromatic heterocycles. The van der Waals surface area contributed by atoms with E-state index in [1.165, 1.54) is 17.5 Å². The van der Waals surface area contributed by atoms with Gasteiger partial charge in [-0.15, -0.1) is 0 Å². The van der Waals surface area contributed by atoms with Crippen LogP contribution in [0.4, 0.5) is 0 Å². The van der Waals surface area contributed by atoms with Crippen molar-refractivity contribution in [1.29, 1.82) is 0 Å². The maximum Gasteiger partial charge on any atom is 0.0787 e. The van der Waals surface area contributed by atoms with Crippen molar-refractivity contribution >= 4 is 0 Å². The second kappa shape index (κ2) is 6.32. The van der Waals surface area contributed by atoms with Crippen LogP contribution in [0.2, 0.25) is 0 Å². The quantitative estimate of drug-likeness (QED) is 0.622. The highest BCUT2D eigenvalue weighted by Crippen LogP contribution is 2.29. The zero-order valence-electron chi connectivity index (χ0n) is 11.4. The number of hydrogen-bond donors (Lipinski definition) is 2. The number of rotatable bonds is 5. The fourth-order valence-corrected chi connectivity index (χ4v) is 2.68. The Kier molecular flexibility index (Phi) is 4.75. The molecular weight excluding hydrogens is 224 g/mol. The van der Waals surface area contributed by atoms with E-state index in [1.54, 1.807) is 0 Å². The Morgan fingerprint density at radius 2 is 2.06 bits per heavy atom. The van der Waals surface area contributed by atoms with E-state index in [9.17, 15) is 0 Å². The maximum atomic E-state index is 5.90. The molecule has 0 saturated carbocycles. The highest BCUT2D eigenvalue weighted by atomic mass is 16.5. The number of hydrogen-bond acceptors (Lipinski definition) is 3. The first-order chi connectivity index (χ1) is 8.74. The van der Waals surface area contributed by atoms with Gasteiger partial charge in [0.2, 0.25) is 0 Å². The molecule has 1 aromatic rings.